The SMILES string of the molecule is COc1ccc(/C=C2\OC(=O)C(Cc3cc(Cl)c4c(c3)OCO4)=C2C(C)C)cc1. The molecule has 2 aromatic carbocycles. The van der Waals surface area contributed by atoms with E-state index < -0.39 is 0 Å². The summed E-state index contributed by atoms with van der Waals surface area (Å²) in [4.78, 5) is 12.7. The third kappa shape index (κ3) is 3.83. The van der Waals surface area contributed by atoms with Gasteiger partial charge in [-0.05, 0) is 47.4 Å². The number of methoxy groups -OCH3 is 1. The van der Waals surface area contributed by atoms with E-state index in [1.54, 1.807) is 13.2 Å². The predicted molar refractivity (Wildman–Crippen MR) is 110 cm³/mol. The zero-order chi connectivity index (χ0) is 20.5. The molecular weight excluding hydrogens is 392 g/mol. The smallest absolute Gasteiger partial charge is 0.340 e. The molecule has 0 aromatic heterocycles. The first-order chi connectivity index (χ1) is 14.0. The lowest BCUT2D eigenvalue weighted by atomic mass is 9.92. The Morgan fingerprint density at radius 3 is 2.62 bits per heavy atom. The number of fused-ring (bicyclic) bond motifs is 1. The van der Waals surface area contributed by atoms with Gasteiger partial charge in [-0.1, -0.05) is 37.6 Å². The van der Waals surface area contributed by atoms with Crippen molar-refractivity contribution >= 4 is 23.6 Å². The molecule has 5 nitrogen and oxygen atoms in total. The molecule has 0 unspecified atom stereocenters. The Labute approximate surface area is 174 Å². The number of allylic oxidation sites excluding steroid dienone is 1. The summed E-state index contributed by atoms with van der Waals surface area (Å²) in [5, 5.41) is 0.474. The summed E-state index contributed by atoms with van der Waals surface area (Å²) >= 11 is 6.30. The maximum absolute atomic E-state index is 12.7. The number of hydrogen-bond donors (Lipinski definition) is 0. The van der Waals surface area contributed by atoms with Crippen LogP contribution in [0, 0.1) is 5.92 Å². The number of carbonyl (C=O) groups excluding carboxylic acids is 1. The van der Waals surface area contributed by atoms with Crippen molar-refractivity contribution in [2.45, 2.75) is 20.3 Å². The Bertz CT molecular complexity index is 1020. The first-order valence-corrected chi connectivity index (χ1v) is 9.73. The van der Waals surface area contributed by atoms with E-state index in [0.717, 1.165) is 22.4 Å². The van der Waals surface area contributed by atoms with Crippen LogP contribution in [0.4, 0.5) is 0 Å². The highest BCUT2D eigenvalue weighted by Crippen LogP contribution is 2.41. The van der Waals surface area contributed by atoms with Gasteiger partial charge in [0.2, 0.25) is 6.79 Å². The molecule has 2 heterocycles. The van der Waals surface area contributed by atoms with Gasteiger partial charge < -0.3 is 18.9 Å². The topological polar surface area (TPSA) is 54.0 Å². The van der Waals surface area contributed by atoms with E-state index in [0.29, 0.717) is 34.3 Å². The summed E-state index contributed by atoms with van der Waals surface area (Å²) < 4.78 is 21.6. The van der Waals surface area contributed by atoms with Gasteiger partial charge in [0.05, 0.1) is 12.1 Å². The average molecular weight is 413 g/mol. The van der Waals surface area contributed by atoms with Crippen LogP contribution in [-0.2, 0) is 16.0 Å². The summed E-state index contributed by atoms with van der Waals surface area (Å²) in [6.45, 7) is 4.24. The van der Waals surface area contributed by atoms with Gasteiger partial charge in [0, 0.05) is 17.6 Å². The molecular formula is C23H21ClO5. The zero-order valence-electron chi connectivity index (χ0n) is 16.5. The number of esters is 1. The number of ether oxygens (including phenoxy) is 4. The maximum Gasteiger partial charge on any atom is 0.340 e. The van der Waals surface area contributed by atoms with Crippen LogP contribution in [0.5, 0.6) is 17.2 Å². The minimum Gasteiger partial charge on any atom is -0.497 e. The Morgan fingerprint density at radius 2 is 1.93 bits per heavy atom. The molecule has 150 valence electrons. The number of benzene rings is 2. The van der Waals surface area contributed by atoms with Crippen molar-refractivity contribution in [2.75, 3.05) is 13.9 Å². The maximum atomic E-state index is 12.7. The molecule has 0 N–H and O–H groups in total. The fourth-order valence-corrected chi connectivity index (χ4v) is 3.85. The Kier molecular flexibility index (Phi) is 5.24. The van der Waals surface area contributed by atoms with Crippen LogP contribution in [0.15, 0.2) is 53.3 Å². The van der Waals surface area contributed by atoms with Gasteiger partial charge in [-0.2, -0.15) is 0 Å². The van der Waals surface area contributed by atoms with Crippen molar-refractivity contribution < 1.29 is 23.7 Å². The molecule has 0 atom stereocenters. The second kappa shape index (κ2) is 7.84. The highest BCUT2D eigenvalue weighted by atomic mass is 35.5. The van der Waals surface area contributed by atoms with Crippen LogP contribution in [0.3, 0.4) is 0 Å². The van der Waals surface area contributed by atoms with E-state index in [4.69, 9.17) is 30.5 Å². The molecule has 2 aromatic rings. The summed E-state index contributed by atoms with van der Waals surface area (Å²) in [7, 11) is 1.63. The van der Waals surface area contributed by atoms with E-state index >= 15 is 0 Å². The van der Waals surface area contributed by atoms with Gasteiger partial charge in [0.25, 0.3) is 0 Å². The van der Waals surface area contributed by atoms with E-state index in [-0.39, 0.29) is 18.7 Å². The molecule has 0 aliphatic carbocycles. The molecule has 29 heavy (non-hydrogen) atoms. The van der Waals surface area contributed by atoms with Crippen LogP contribution < -0.4 is 14.2 Å². The Hall–Kier alpha value is -2.92. The first kappa shape index (κ1) is 19.4. The third-order valence-corrected chi connectivity index (χ3v) is 5.18. The fourth-order valence-electron chi connectivity index (χ4n) is 3.56. The van der Waals surface area contributed by atoms with Crippen molar-refractivity contribution in [1.82, 2.24) is 0 Å². The van der Waals surface area contributed by atoms with Crippen molar-refractivity contribution in [3.63, 3.8) is 0 Å². The monoisotopic (exact) mass is 412 g/mol. The van der Waals surface area contributed by atoms with E-state index in [2.05, 4.69) is 0 Å². The molecule has 0 spiro atoms. The van der Waals surface area contributed by atoms with E-state index in [1.165, 1.54) is 0 Å². The quantitative estimate of drug-likeness (QED) is 0.634. The molecule has 2 aliphatic heterocycles. The lowest BCUT2D eigenvalue weighted by Crippen LogP contribution is -2.04. The molecule has 2 aliphatic rings. The number of carbonyl (C=O) groups is 1. The average Bonchev–Trinajstić information content (AvgIpc) is 3.27. The minimum absolute atomic E-state index is 0.116. The highest BCUT2D eigenvalue weighted by molar-refractivity contribution is 6.32. The van der Waals surface area contributed by atoms with Gasteiger partial charge in [0.15, 0.2) is 11.5 Å². The van der Waals surface area contributed by atoms with Crippen LogP contribution in [-0.4, -0.2) is 19.9 Å². The lowest BCUT2D eigenvalue weighted by Gasteiger charge is -2.10. The van der Waals surface area contributed by atoms with E-state index in [9.17, 15) is 4.79 Å². The number of rotatable bonds is 5. The zero-order valence-corrected chi connectivity index (χ0v) is 17.2. The van der Waals surface area contributed by atoms with Crippen molar-refractivity contribution in [2.24, 2.45) is 5.92 Å². The second-order valence-electron chi connectivity index (χ2n) is 7.21. The standard InChI is InChI=1S/C23H21ClO5/c1-13(2)21-17(8-15-9-18(24)22-20(11-15)27-12-28-22)23(25)29-19(21)10-14-4-6-16(26-3)7-5-14/h4-7,9-11,13H,8,12H2,1-3H3/b19-10-. The van der Waals surface area contributed by atoms with Crippen molar-refractivity contribution in [1.29, 1.82) is 0 Å². The van der Waals surface area contributed by atoms with Gasteiger partial charge >= 0.3 is 5.97 Å². The molecule has 0 amide bonds. The van der Waals surface area contributed by atoms with Gasteiger partial charge in [-0.3, -0.25) is 0 Å². The lowest BCUT2D eigenvalue weighted by molar-refractivity contribution is -0.133. The van der Waals surface area contributed by atoms with Gasteiger partial charge in [-0.25, -0.2) is 4.79 Å². The first-order valence-electron chi connectivity index (χ1n) is 9.35. The Morgan fingerprint density at radius 1 is 1.17 bits per heavy atom. The molecule has 6 heteroatoms. The minimum atomic E-state index is -0.331. The normalized spacial score (nSPS) is 16.7. The molecule has 4 rings (SSSR count). The molecule has 0 bridgehead atoms. The van der Waals surface area contributed by atoms with Crippen LogP contribution in [0.1, 0.15) is 25.0 Å². The molecule has 0 saturated carbocycles. The summed E-state index contributed by atoms with van der Waals surface area (Å²) in [5.74, 6) is 2.28. The highest BCUT2D eigenvalue weighted by Gasteiger charge is 2.32. The van der Waals surface area contributed by atoms with Crippen molar-refractivity contribution in [3.8, 4) is 17.2 Å². The van der Waals surface area contributed by atoms with Crippen molar-refractivity contribution in [3.05, 3.63) is 69.5 Å². The largest absolute Gasteiger partial charge is 0.497 e. The molecule has 0 saturated heterocycles. The molecule has 0 radical (unpaired) electrons. The molecule has 0 fully saturated rings. The number of hydrogen-bond acceptors (Lipinski definition) is 5. The third-order valence-electron chi connectivity index (χ3n) is 4.90. The second-order valence-corrected chi connectivity index (χ2v) is 7.61. The fraction of sp³-hybridized carbons (Fsp3) is 0.261. The number of cyclic esters (lactones) is 1. The van der Waals surface area contributed by atoms with E-state index in [1.807, 2.05) is 50.3 Å². The summed E-state index contributed by atoms with van der Waals surface area (Å²) in [6.07, 6.45) is 2.29. The summed E-state index contributed by atoms with van der Waals surface area (Å²) in [6, 6.07) is 11.3. The number of halogens is 1. The van der Waals surface area contributed by atoms with Crippen LogP contribution in [0.25, 0.3) is 6.08 Å². The summed E-state index contributed by atoms with van der Waals surface area (Å²) in [5.41, 5.74) is 3.34. The van der Waals surface area contributed by atoms with Gasteiger partial charge in [-0.15, -0.1) is 0 Å². The Balaban J connectivity index is 1.69. The predicted octanol–water partition coefficient (Wildman–Crippen LogP) is 5.17. The van der Waals surface area contributed by atoms with Gasteiger partial charge in [0.1, 0.15) is 11.5 Å². The van der Waals surface area contributed by atoms with Crippen LogP contribution in [0.2, 0.25) is 5.02 Å². The van der Waals surface area contributed by atoms with Crippen LogP contribution >= 0.6 is 11.6 Å².